The molecule has 92 valence electrons. The van der Waals surface area contributed by atoms with Gasteiger partial charge in [0.1, 0.15) is 5.92 Å². The van der Waals surface area contributed by atoms with E-state index in [4.69, 9.17) is 0 Å². The number of ether oxygens (including phenoxy) is 1. The molecule has 0 aliphatic heterocycles. The van der Waals surface area contributed by atoms with E-state index in [9.17, 15) is 9.59 Å². The predicted octanol–water partition coefficient (Wildman–Crippen LogP) is 1.24. The molecule has 5 nitrogen and oxygen atoms in total. The van der Waals surface area contributed by atoms with Crippen LogP contribution >= 0.6 is 0 Å². The Labute approximate surface area is 100 Å². The summed E-state index contributed by atoms with van der Waals surface area (Å²) in [5.41, 5.74) is 0.701. The van der Waals surface area contributed by atoms with Crippen LogP contribution in [0.2, 0.25) is 0 Å². The SMILES string of the molecule is CCC(C(=O)OC)C(=O)N(C)c1ccncc1. The van der Waals surface area contributed by atoms with Crippen molar-refractivity contribution in [1.29, 1.82) is 0 Å². The Kier molecular flexibility index (Phi) is 4.63. The maximum absolute atomic E-state index is 12.1. The molecule has 17 heavy (non-hydrogen) atoms. The zero-order chi connectivity index (χ0) is 12.8. The highest BCUT2D eigenvalue weighted by Crippen LogP contribution is 2.16. The van der Waals surface area contributed by atoms with Crippen molar-refractivity contribution >= 4 is 17.6 Å². The van der Waals surface area contributed by atoms with Crippen LogP contribution in [0.4, 0.5) is 5.69 Å². The van der Waals surface area contributed by atoms with Crippen molar-refractivity contribution in [3.8, 4) is 0 Å². The fourth-order valence-electron chi connectivity index (χ4n) is 1.51. The molecule has 1 amide bonds. The number of anilines is 1. The normalized spacial score (nSPS) is 11.7. The highest BCUT2D eigenvalue weighted by Gasteiger charge is 2.28. The van der Waals surface area contributed by atoms with Crippen molar-refractivity contribution in [1.82, 2.24) is 4.98 Å². The van der Waals surface area contributed by atoms with Crippen LogP contribution in [0.25, 0.3) is 0 Å². The fraction of sp³-hybridized carbons (Fsp3) is 0.417. The molecule has 0 bridgehead atoms. The molecule has 1 rings (SSSR count). The molecule has 0 aliphatic carbocycles. The van der Waals surface area contributed by atoms with Crippen molar-refractivity contribution in [3.63, 3.8) is 0 Å². The maximum atomic E-state index is 12.1. The van der Waals surface area contributed by atoms with Crippen LogP contribution in [0.1, 0.15) is 13.3 Å². The van der Waals surface area contributed by atoms with E-state index in [0.717, 1.165) is 0 Å². The average Bonchev–Trinajstić information content (AvgIpc) is 2.39. The first-order valence-electron chi connectivity index (χ1n) is 5.37. The third-order valence-corrected chi connectivity index (χ3v) is 2.57. The molecule has 1 aromatic rings. The van der Waals surface area contributed by atoms with Crippen LogP contribution < -0.4 is 4.90 Å². The second-order valence-electron chi connectivity index (χ2n) is 3.59. The number of aromatic nitrogens is 1. The van der Waals surface area contributed by atoms with Gasteiger partial charge in [-0.15, -0.1) is 0 Å². The van der Waals surface area contributed by atoms with Gasteiger partial charge >= 0.3 is 5.97 Å². The molecule has 1 aromatic heterocycles. The summed E-state index contributed by atoms with van der Waals surface area (Å²) in [7, 11) is 2.91. The van der Waals surface area contributed by atoms with Gasteiger partial charge in [-0.1, -0.05) is 6.92 Å². The van der Waals surface area contributed by atoms with Gasteiger partial charge in [-0.2, -0.15) is 0 Å². The third kappa shape index (κ3) is 3.03. The number of carbonyl (C=O) groups excluding carboxylic acids is 2. The third-order valence-electron chi connectivity index (χ3n) is 2.57. The molecule has 1 unspecified atom stereocenters. The van der Waals surface area contributed by atoms with Gasteiger partial charge in [-0.25, -0.2) is 0 Å². The smallest absolute Gasteiger partial charge is 0.318 e. The lowest BCUT2D eigenvalue weighted by Gasteiger charge is -2.21. The van der Waals surface area contributed by atoms with Crippen molar-refractivity contribution < 1.29 is 14.3 Å². The zero-order valence-corrected chi connectivity index (χ0v) is 10.2. The Balaban J connectivity index is 2.85. The Morgan fingerprint density at radius 1 is 1.41 bits per heavy atom. The van der Waals surface area contributed by atoms with E-state index >= 15 is 0 Å². The number of carbonyl (C=O) groups is 2. The summed E-state index contributed by atoms with van der Waals surface area (Å²) in [4.78, 5) is 28.8. The van der Waals surface area contributed by atoms with Gasteiger partial charge in [0.05, 0.1) is 7.11 Å². The number of amides is 1. The number of rotatable bonds is 4. The monoisotopic (exact) mass is 236 g/mol. The predicted molar refractivity (Wildman–Crippen MR) is 63.4 cm³/mol. The topological polar surface area (TPSA) is 59.5 Å². The lowest BCUT2D eigenvalue weighted by Crippen LogP contribution is -2.37. The number of hydrogen-bond acceptors (Lipinski definition) is 4. The van der Waals surface area contributed by atoms with E-state index in [2.05, 4.69) is 9.72 Å². The highest BCUT2D eigenvalue weighted by atomic mass is 16.5. The van der Waals surface area contributed by atoms with Gasteiger partial charge in [0, 0.05) is 25.1 Å². The molecule has 5 heteroatoms. The molecule has 1 heterocycles. The van der Waals surface area contributed by atoms with Crippen LogP contribution in [0.15, 0.2) is 24.5 Å². The minimum absolute atomic E-state index is 0.273. The van der Waals surface area contributed by atoms with E-state index in [1.165, 1.54) is 12.0 Å². The van der Waals surface area contributed by atoms with Crippen LogP contribution in [0.3, 0.4) is 0 Å². The average molecular weight is 236 g/mol. The van der Waals surface area contributed by atoms with E-state index < -0.39 is 11.9 Å². The lowest BCUT2D eigenvalue weighted by atomic mass is 10.1. The molecule has 0 saturated carbocycles. The summed E-state index contributed by atoms with van der Waals surface area (Å²) in [5.74, 6) is -1.53. The molecule has 0 fully saturated rings. The van der Waals surface area contributed by atoms with Gasteiger partial charge in [0.2, 0.25) is 5.91 Å². The van der Waals surface area contributed by atoms with Crippen LogP contribution in [0, 0.1) is 5.92 Å². The Hall–Kier alpha value is -1.91. The summed E-state index contributed by atoms with van der Waals surface area (Å²) in [6.45, 7) is 1.78. The van der Waals surface area contributed by atoms with Crippen LogP contribution in [-0.4, -0.2) is 31.0 Å². The minimum Gasteiger partial charge on any atom is -0.468 e. The molecular weight excluding hydrogens is 220 g/mol. The number of hydrogen-bond donors (Lipinski definition) is 0. The molecule has 0 radical (unpaired) electrons. The van der Waals surface area contributed by atoms with Crippen molar-refractivity contribution in [2.75, 3.05) is 19.1 Å². The first-order valence-corrected chi connectivity index (χ1v) is 5.37. The summed E-state index contributed by atoms with van der Waals surface area (Å²) in [6.07, 6.45) is 3.61. The second kappa shape index (κ2) is 5.98. The standard InChI is InChI=1S/C12H16N2O3/c1-4-10(12(16)17-3)11(15)14(2)9-5-7-13-8-6-9/h5-8,10H,4H2,1-3H3. The fourth-order valence-corrected chi connectivity index (χ4v) is 1.51. The van der Waals surface area contributed by atoms with Gasteiger partial charge in [-0.05, 0) is 18.6 Å². The zero-order valence-electron chi connectivity index (χ0n) is 10.2. The van der Waals surface area contributed by atoms with E-state index in [1.807, 2.05) is 0 Å². The first-order chi connectivity index (χ1) is 8.11. The van der Waals surface area contributed by atoms with E-state index in [1.54, 1.807) is 38.5 Å². The summed E-state index contributed by atoms with van der Waals surface area (Å²) < 4.78 is 4.61. The van der Waals surface area contributed by atoms with E-state index in [0.29, 0.717) is 12.1 Å². The Morgan fingerprint density at radius 2 is 2.00 bits per heavy atom. The molecule has 1 atom stereocenters. The molecule has 0 aromatic carbocycles. The van der Waals surface area contributed by atoms with Gasteiger partial charge < -0.3 is 9.64 Å². The van der Waals surface area contributed by atoms with Gasteiger partial charge in [0.15, 0.2) is 0 Å². The minimum atomic E-state index is -0.752. The molecule has 0 saturated heterocycles. The highest BCUT2D eigenvalue weighted by molar-refractivity contribution is 6.05. The summed E-state index contributed by atoms with van der Waals surface area (Å²) in [6, 6.07) is 3.42. The number of nitrogens with zero attached hydrogens (tertiary/aromatic N) is 2. The molecule has 0 spiro atoms. The summed E-state index contributed by atoms with van der Waals surface area (Å²) in [5, 5.41) is 0. The molecular formula is C12H16N2O3. The number of methoxy groups -OCH3 is 1. The maximum Gasteiger partial charge on any atom is 0.318 e. The molecule has 0 aliphatic rings. The quantitative estimate of drug-likeness (QED) is 0.583. The molecule has 0 N–H and O–H groups in total. The summed E-state index contributed by atoms with van der Waals surface area (Å²) >= 11 is 0. The number of esters is 1. The Morgan fingerprint density at radius 3 is 2.47 bits per heavy atom. The van der Waals surface area contributed by atoms with Gasteiger partial charge in [0.25, 0.3) is 0 Å². The first kappa shape index (κ1) is 13.2. The van der Waals surface area contributed by atoms with Crippen molar-refractivity contribution in [3.05, 3.63) is 24.5 Å². The van der Waals surface area contributed by atoms with Gasteiger partial charge in [-0.3, -0.25) is 14.6 Å². The Bertz CT molecular complexity index is 392. The number of pyridine rings is 1. The van der Waals surface area contributed by atoms with Crippen LogP contribution in [0.5, 0.6) is 0 Å². The second-order valence-corrected chi connectivity index (χ2v) is 3.59. The van der Waals surface area contributed by atoms with Crippen molar-refractivity contribution in [2.45, 2.75) is 13.3 Å². The van der Waals surface area contributed by atoms with Crippen molar-refractivity contribution in [2.24, 2.45) is 5.92 Å². The lowest BCUT2D eigenvalue weighted by molar-refractivity contribution is -0.149. The largest absolute Gasteiger partial charge is 0.468 e. The van der Waals surface area contributed by atoms with E-state index in [-0.39, 0.29) is 5.91 Å². The van der Waals surface area contributed by atoms with Crippen LogP contribution in [-0.2, 0) is 14.3 Å².